The van der Waals surface area contributed by atoms with Crippen LogP contribution in [-0.4, -0.2) is 45.4 Å². The van der Waals surface area contributed by atoms with Crippen molar-refractivity contribution in [3.05, 3.63) is 172 Å². The highest BCUT2D eigenvalue weighted by atomic mass is 31.2. The van der Waals surface area contributed by atoms with Crippen molar-refractivity contribution in [2.45, 2.75) is 0 Å². The number of nitrogens with zero attached hydrogens (tertiary/aromatic N) is 8. The lowest BCUT2D eigenvalue weighted by Crippen LogP contribution is -2.48. The molecule has 16 heteroatoms. The van der Waals surface area contributed by atoms with E-state index in [4.69, 9.17) is 33.5 Å². The Balaban J connectivity index is 1.41. The first-order valence-corrected chi connectivity index (χ1v) is 20.4. The fourth-order valence-electron chi connectivity index (χ4n) is 7.56. The smallest absolute Gasteiger partial charge is 0.410 e. The molecule has 4 aliphatic rings. The fourth-order valence-corrected chi connectivity index (χ4v) is 12.9. The topological polar surface area (TPSA) is 110 Å². The molecule has 10 nitrogen and oxygen atoms in total. The van der Waals surface area contributed by atoms with Crippen LogP contribution >= 0.6 is 7.37 Å². The summed E-state index contributed by atoms with van der Waals surface area (Å²) >= 11 is -3.81. The van der Waals surface area contributed by atoms with Crippen LogP contribution in [0.5, 0.6) is 0 Å². The van der Waals surface area contributed by atoms with Crippen LogP contribution in [0.25, 0.3) is 21.5 Å². The molecule has 0 N–H and O–H groups in total. The average Bonchev–Trinajstić information content (AvgIpc) is 3.89. The minimum absolute atomic E-state index is 0.0830. The maximum atomic E-state index is 15.4. The number of fused-ring (bicyclic) bond motifs is 14. The van der Waals surface area contributed by atoms with Crippen molar-refractivity contribution in [1.82, 2.24) is 7.10 Å². The number of rotatable bonds is 4. The van der Waals surface area contributed by atoms with Crippen LogP contribution in [0.2, 0.25) is 0 Å². The SMILES string of the molecule is C=CP(=O)([O][Al]1[n]2c3c4cc(F)ccc4c2N=C2N=C(N=c4c5cc(F)ccc5c([n]41)=NC1=NC(=N3)c3ccc(F)cc31)c1ccc(F)cc12)c1ccccc1. The standard InChI is InChI=1S/C32H12F4N8.C8H9O2P.Al/c33-13-1-5-17-21(9-13)29-37-25(17)41-30-22-10-14(34)2-6-18(22)27(38-30)43-32-24-12-16(36)4-8-20(24)28(40-32)44-31-23-11-15(35)3-7-19(23)26(39-31)42-29;1-2-11(9,10)8-6-4-3-5-7-8;/h1-12H;2-7H,1H2,(H,9,10);/q-2;;+3/p-1. The van der Waals surface area contributed by atoms with E-state index in [0.29, 0.717) is 38.3 Å². The summed E-state index contributed by atoms with van der Waals surface area (Å²) in [6.07, 6.45) is 0. The molecule has 0 aliphatic carbocycles. The monoisotopic (exact) mass is 778 g/mol. The van der Waals surface area contributed by atoms with Crippen molar-refractivity contribution >= 4 is 84.1 Å². The molecular weight excluding hydrogens is 758 g/mol. The lowest BCUT2D eigenvalue weighted by molar-refractivity contribution is 0.492. The zero-order valence-electron chi connectivity index (χ0n) is 28.5. The highest BCUT2D eigenvalue weighted by Crippen LogP contribution is 2.50. The second kappa shape index (κ2) is 11.8. The molecule has 0 saturated heterocycles. The van der Waals surface area contributed by atoms with E-state index in [0.717, 1.165) is 0 Å². The van der Waals surface area contributed by atoms with Crippen molar-refractivity contribution in [2.24, 2.45) is 30.0 Å². The second-order valence-corrected chi connectivity index (χ2v) is 17.9. The van der Waals surface area contributed by atoms with Gasteiger partial charge in [0.1, 0.15) is 45.9 Å². The van der Waals surface area contributed by atoms with E-state index >= 15 is 13.3 Å². The number of halogens is 4. The average molecular weight is 779 g/mol. The molecule has 56 heavy (non-hydrogen) atoms. The molecule has 1 atom stereocenters. The maximum Gasteiger partial charge on any atom is 0.815 e. The third-order valence-corrected chi connectivity index (χ3v) is 15.5. The van der Waals surface area contributed by atoms with Gasteiger partial charge in [-0.2, -0.15) is 0 Å². The number of benzene rings is 5. The second-order valence-electron chi connectivity index (χ2n) is 13.3. The van der Waals surface area contributed by atoms with Crippen LogP contribution in [0, 0.1) is 23.3 Å². The molecule has 268 valence electrons. The summed E-state index contributed by atoms with van der Waals surface area (Å²) in [5.74, 6) is -0.323. The Labute approximate surface area is 317 Å². The highest BCUT2D eigenvalue weighted by molar-refractivity contribution is 7.70. The maximum absolute atomic E-state index is 15.4. The van der Waals surface area contributed by atoms with Gasteiger partial charge in [0.15, 0.2) is 23.3 Å². The Morgan fingerprint density at radius 2 is 1.04 bits per heavy atom. The molecule has 4 aliphatic heterocycles. The summed E-state index contributed by atoms with van der Waals surface area (Å²) in [5, 5.41) is 1.68. The molecule has 1 unspecified atom stereocenters. The molecule has 6 bridgehead atoms. The number of hydrogen-bond acceptors (Lipinski definition) is 8. The van der Waals surface area contributed by atoms with E-state index in [9.17, 15) is 8.78 Å². The zero-order chi connectivity index (χ0) is 38.0. The van der Waals surface area contributed by atoms with Crippen molar-refractivity contribution in [1.29, 1.82) is 0 Å². The number of amidine groups is 4. The van der Waals surface area contributed by atoms with Crippen LogP contribution in [0.4, 0.5) is 29.2 Å². The number of aliphatic imine (C=N–C) groups is 4. The van der Waals surface area contributed by atoms with Crippen LogP contribution in [0.15, 0.2) is 145 Å². The lowest BCUT2D eigenvalue weighted by Gasteiger charge is -2.24. The summed E-state index contributed by atoms with van der Waals surface area (Å²) in [4.78, 5) is 29.7. The van der Waals surface area contributed by atoms with Crippen molar-refractivity contribution < 1.29 is 25.7 Å². The minimum atomic E-state index is -4.01. The van der Waals surface area contributed by atoms with E-state index in [1.807, 2.05) is 0 Å². The molecular formula is C40H20AlF4N8O2P. The fraction of sp³-hybridized carbons (Fsp3) is 0. The van der Waals surface area contributed by atoms with Crippen molar-refractivity contribution in [3.63, 3.8) is 0 Å². The molecule has 5 aromatic carbocycles. The van der Waals surface area contributed by atoms with E-state index in [1.165, 1.54) is 78.6 Å². The molecule has 2 aromatic heterocycles. The van der Waals surface area contributed by atoms with E-state index in [-0.39, 0.29) is 56.7 Å². The first-order valence-electron chi connectivity index (χ1n) is 17.2. The molecule has 0 spiro atoms. The quantitative estimate of drug-likeness (QED) is 0.107. The Bertz CT molecular complexity index is 3300. The minimum Gasteiger partial charge on any atom is -0.410 e. The summed E-state index contributed by atoms with van der Waals surface area (Å²) in [5.41, 5.74) is 1.80. The molecule has 0 radical (unpaired) electrons. The molecule has 0 saturated carbocycles. The Hall–Kier alpha value is -6.36. The highest BCUT2D eigenvalue weighted by Gasteiger charge is 2.46. The normalized spacial score (nSPS) is 15.8. The first kappa shape index (κ1) is 33.0. The Kier molecular flexibility index (Phi) is 6.97. The van der Waals surface area contributed by atoms with Crippen LogP contribution < -0.4 is 16.3 Å². The third-order valence-electron chi connectivity index (χ3n) is 10.1. The van der Waals surface area contributed by atoms with Crippen LogP contribution in [0.1, 0.15) is 22.3 Å². The van der Waals surface area contributed by atoms with Gasteiger partial charge >= 0.3 is 14.9 Å². The molecule has 7 aromatic rings. The van der Waals surface area contributed by atoms with Gasteiger partial charge in [0.2, 0.25) is 7.37 Å². The Morgan fingerprint density at radius 1 is 0.536 bits per heavy atom. The molecule has 0 fully saturated rings. The summed E-state index contributed by atoms with van der Waals surface area (Å²) in [6.45, 7) is 3.93. The number of aromatic nitrogens is 2. The van der Waals surface area contributed by atoms with Gasteiger partial charge in [-0.05, 0) is 90.7 Å². The van der Waals surface area contributed by atoms with Gasteiger partial charge in [0, 0.05) is 49.1 Å². The lowest BCUT2D eigenvalue weighted by atomic mass is 10.1. The largest absolute Gasteiger partial charge is 0.815 e. The summed E-state index contributed by atoms with van der Waals surface area (Å²) < 4.78 is 86.3. The van der Waals surface area contributed by atoms with E-state index < -0.39 is 45.6 Å². The van der Waals surface area contributed by atoms with E-state index in [2.05, 4.69) is 6.58 Å². The van der Waals surface area contributed by atoms with Gasteiger partial charge in [0.05, 0.1) is 0 Å². The predicted octanol–water partition coefficient (Wildman–Crippen LogP) is 7.24. The summed E-state index contributed by atoms with van der Waals surface area (Å²) in [6, 6.07) is 24.9. The van der Waals surface area contributed by atoms with Gasteiger partial charge < -0.3 is 10.7 Å². The first-order chi connectivity index (χ1) is 27.2. The molecule has 11 rings (SSSR count). The van der Waals surface area contributed by atoms with Crippen molar-refractivity contribution in [2.75, 3.05) is 0 Å². The Morgan fingerprint density at radius 3 is 1.68 bits per heavy atom. The van der Waals surface area contributed by atoms with Gasteiger partial charge in [-0.1, -0.05) is 24.8 Å². The third kappa shape index (κ3) is 4.75. The van der Waals surface area contributed by atoms with Crippen LogP contribution in [-0.2, 0) is 8.14 Å². The van der Waals surface area contributed by atoms with Gasteiger partial charge in [-0.3, -0.25) is 4.57 Å². The zero-order valence-corrected chi connectivity index (χ0v) is 30.6. The predicted molar refractivity (Wildman–Crippen MR) is 206 cm³/mol. The van der Waals surface area contributed by atoms with Gasteiger partial charge in [-0.15, -0.1) is 0 Å². The van der Waals surface area contributed by atoms with Crippen molar-refractivity contribution in [3.8, 4) is 0 Å². The van der Waals surface area contributed by atoms with Crippen LogP contribution in [0.3, 0.4) is 0 Å². The van der Waals surface area contributed by atoms with E-state index in [1.54, 1.807) is 37.4 Å². The molecule has 0 amide bonds. The number of hydrogen-bond donors (Lipinski definition) is 0. The molecule has 6 heterocycles. The summed E-state index contributed by atoms with van der Waals surface area (Å²) in [7, 11) is -4.01. The van der Waals surface area contributed by atoms with Gasteiger partial charge in [0.25, 0.3) is 0 Å². The van der Waals surface area contributed by atoms with Gasteiger partial charge in [-0.25, -0.2) is 47.5 Å².